The van der Waals surface area contributed by atoms with Crippen LogP contribution in [0, 0.1) is 5.82 Å². The Morgan fingerprint density at radius 1 is 1.33 bits per heavy atom. The van der Waals surface area contributed by atoms with Crippen molar-refractivity contribution in [2.45, 2.75) is 38.6 Å². The van der Waals surface area contributed by atoms with Crippen molar-refractivity contribution in [3.63, 3.8) is 0 Å². The number of nitrogens with zero attached hydrogens (tertiary/aromatic N) is 2. The molecule has 0 N–H and O–H groups in total. The van der Waals surface area contributed by atoms with Gasteiger partial charge in [0.15, 0.2) is 0 Å². The molecule has 0 aliphatic rings. The maximum Gasteiger partial charge on any atom is 0.144 e. The zero-order chi connectivity index (χ0) is 13.7. The van der Waals surface area contributed by atoms with E-state index in [0.717, 1.165) is 11.3 Å². The molecular weight excluding hydrogens is 274 g/mol. The number of rotatable bonds is 1. The van der Waals surface area contributed by atoms with Crippen LogP contribution in [-0.2, 0) is 5.54 Å². The lowest BCUT2D eigenvalue weighted by molar-refractivity contribution is 0.394. The summed E-state index contributed by atoms with van der Waals surface area (Å²) < 4.78 is 15.5. The molecule has 1 atom stereocenters. The third-order valence-corrected chi connectivity index (χ3v) is 3.23. The van der Waals surface area contributed by atoms with Gasteiger partial charge in [-0.1, -0.05) is 11.6 Å². The van der Waals surface area contributed by atoms with E-state index in [1.807, 2.05) is 32.3 Å². The molecule has 1 unspecified atom stereocenters. The molecule has 1 aromatic heterocycles. The Morgan fingerprint density at radius 3 is 2.44 bits per heavy atom. The van der Waals surface area contributed by atoms with Crippen molar-refractivity contribution >= 4 is 34.2 Å². The molecule has 0 aliphatic heterocycles. The average molecular weight is 289 g/mol. The zero-order valence-corrected chi connectivity index (χ0v) is 12.3. The van der Waals surface area contributed by atoms with Crippen molar-refractivity contribution in [2.24, 2.45) is 0 Å². The highest BCUT2D eigenvalue weighted by molar-refractivity contribution is 6.31. The normalized spacial score (nSPS) is 14.2. The Balaban J connectivity index is 2.86. The van der Waals surface area contributed by atoms with Gasteiger partial charge in [0.05, 0.1) is 21.4 Å². The summed E-state index contributed by atoms with van der Waals surface area (Å²) in [5.74, 6) is 0.261. The van der Waals surface area contributed by atoms with Crippen LogP contribution in [0.2, 0.25) is 5.02 Å². The maximum atomic E-state index is 13.5. The van der Waals surface area contributed by atoms with E-state index in [1.165, 1.54) is 6.07 Å². The van der Waals surface area contributed by atoms with E-state index in [2.05, 4.69) is 4.98 Å². The fraction of sp³-hybridized carbons (Fsp3) is 0.462. The van der Waals surface area contributed by atoms with E-state index < -0.39 is 5.82 Å². The Kier molecular flexibility index (Phi) is 3.32. The number of hydrogen-bond donors (Lipinski definition) is 0. The van der Waals surface area contributed by atoms with Gasteiger partial charge >= 0.3 is 0 Å². The topological polar surface area (TPSA) is 17.8 Å². The number of halogens is 3. The monoisotopic (exact) mass is 288 g/mol. The van der Waals surface area contributed by atoms with Crippen LogP contribution in [0.4, 0.5) is 4.39 Å². The molecule has 0 saturated carbocycles. The Hall–Kier alpha value is -0.800. The lowest BCUT2D eigenvalue weighted by Crippen LogP contribution is -2.24. The number of benzene rings is 1. The third-order valence-electron chi connectivity index (χ3n) is 2.75. The minimum atomic E-state index is -0.462. The Labute approximate surface area is 116 Å². The molecule has 5 heteroatoms. The maximum absolute atomic E-state index is 13.5. The van der Waals surface area contributed by atoms with Crippen LogP contribution >= 0.6 is 23.2 Å². The zero-order valence-electron chi connectivity index (χ0n) is 10.8. The Morgan fingerprint density at radius 2 is 1.94 bits per heavy atom. The van der Waals surface area contributed by atoms with Gasteiger partial charge in [-0.15, -0.1) is 11.6 Å². The van der Waals surface area contributed by atoms with Gasteiger partial charge in [0.2, 0.25) is 0 Å². The first-order valence-corrected chi connectivity index (χ1v) is 6.55. The molecule has 0 radical (unpaired) electrons. The summed E-state index contributed by atoms with van der Waals surface area (Å²) in [6, 6.07) is 2.95. The molecule has 2 nitrogen and oxygen atoms in total. The molecule has 98 valence electrons. The van der Waals surface area contributed by atoms with Crippen LogP contribution in [0.1, 0.15) is 38.9 Å². The smallest absolute Gasteiger partial charge is 0.144 e. The van der Waals surface area contributed by atoms with Gasteiger partial charge in [0.25, 0.3) is 0 Å². The highest BCUT2D eigenvalue weighted by Crippen LogP contribution is 2.32. The molecular formula is C13H15Cl2FN2. The fourth-order valence-corrected chi connectivity index (χ4v) is 2.37. The largest absolute Gasteiger partial charge is 0.321 e. The SMILES string of the molecule is CC(Cl)c1nc2cc(F)c(Cl)cc2n1C(C)(C)C. The third kappa shape index (κ3) is 2.21. The molecule has 1 heterocycles. The second kappa shape index (κ2) is 4.39. The first-order chi connectivity index (χ1) is 8.21. The van der Waals surface area contributed by atoms with E-state index >= 15 is 0 Å². The highest BCUT2D eigenvalue weighted by Gasteiger charge is 2.24. The van der Waals surface area contributed by atoms with Gasteiger partial charge < -0.3 is 4.57 Å². The summed E-state index contributed by atoms with van der Waals surface area (Å²) in [6.45, 7) is 8.00. The summed E-state index contributed by atoms with van der Waals surface area (Å²) in [4.78, 5) is 4.41. The molecule has 0 bridgehead atoms. The fourth-order valence-electron chi connectivity index (χ4n) is 2.06. The lowest BCUT2D eigenvalue weighted by atomic mass is 10.1. The predicted octanol–water partition coefficient (Wildman–Crippen LogP) is 4.88. The molecule has 0 aliphatic carbocycles. The van der Waals surface area contributed by atoms with E-state index in [-0.39, 0.29) is 15.9 Å². The van der Waals surface area contributed by atoms with E-state index in [4.69, 9.17) is 23.2 Å². The Bertz CT molecular complexity index is 597. The van der Waals surface area contributed by atoms with Gasteiger partial charge in [-0.25, -0.2) is 9.37 Å². The van der Waals surface area contributed by atoms with E-state index in [1.54, 1.807) is 6.07 Å². The molecule has 18 heavy (non-hydrogen) atoms. The second-order valence-corrected chi connectivity index (χ2v) is 6.41. The van der Waals surface area contributed by atoms with Crippen molar-refractivity contribution in [3.05, 3.63) is 28.8 Å². The van der Waals surface area contributed by atoms with Gasteiger partial charge in [-0.2, -0.15) is 0 Å². The molecule has 2 aromatic rings. The summed E-state index contributed by atoms with van der Waals surface area (Å²) in [6.07, 6.45) is 0. The van der Waals surface area contributed by atoms with Crippen LogP contribution in [0.3, 0.4) is 0 Å². The molecule has 0 saturated heterocycles. The predicted molar refractivity (Wildman–Crippen MR) is 74.0 cm³/mol. The highest BCUT2D eigenvalue weighted by atomic mass is 35.5. The molecule has 1 aromatic carbocycles. The first-order valence-electron chi connectivity index (χ1n) is 5.73. The second-order valence-electron chi connectivity index (χ2n) is 5.35. The number of fused-ring (bicyclic) bond motifs is 1. The van der Waals surface area contributed by atoms with Crippen LogP contribution in [0.15, 0.2) is 12.1 Å². The molecule has 2 rings (SSSR count). The van der Waals surface area contributed by atoms with Crippen molar-refractivity contribution in [2.75, 3.05) is 0 Å². The standard InChI is InChI=1S/C13H15Cl2FN2/c1-7(14)12-17-10-6-9(16)8(15)5-11(10)18(12)13(2,3)4/h5-7H,1-4H3. The average Bonchev–Trinajstić information content (AvgIpc) is 2.56. The molecule has 0 amide bonds. The quantitative estimate of drug-likeness (QED) is 0.684. The lowest BCUT2D eigenvalue weighted by Gasteiger charge is -2.25. The number of aromatic nitrogens is 2. The summed E-state index contributed by atoms with van der Waals surface area (Å²) >= 11 is 12.0. The number of hydrogen-bond acceptors (Lipinski definition) is 1. The summed E-state index contributed by atoms with van der Waals surface area (Å²) in [5.41, 5.74) is 1.18. The van der Waals surface area contributed by atoms with Gasteiger partial charge in [-0.3, -0.25) is 0 Å². The summed E-state index contributed by atoms with van der Waals surface area (Å²) in [7, 11) is 0. The van der Waals surface area contributed by atoms with Crippen LogP contribution in [-0.4, -0.2) is 9.55 Å². The van der Waals surface area contributed by atoms with Crippen LogP contribution < -0.4 is 0 Å². The first kappa shape index (κ1) is 13.6. The van der Waals surface area contributed by atoms with Crippen molar-refractivity contribution in [1.29, 1.82) is 0 Å². The summed E-state index contributed by atoms with van der Waals surface area (Å²) in [5, 5.41) is -0.153. The molecule has 0 spiro atoms. The van der Waals surface area contributed by atoms with Crippen molar-refractivity contribution in [3.8, 4) is 0 Å². The van der Waals surface area contributed by atoms with Crippen LogP contribution in [0.25, 0.3) is 11.0 Å². The van der Waals surface area contributed by atoms with Crippen LogP contribution in [0.5, 0.6) is 0 Å². The number of imidazole rings is 1. The van der Waals surface area contributed by atoms with E-state index in [0.29, 0.717) is 5.52 Å². The minimum Gasteiger partial charge on any atom is -0.321 e. The van der Waals surface area contributed by atoms with Gasteiger partial charge in [-0.05, 0) is 33.8 Å². The number of alkyl halides is 1. The van der Waals surface area contributed by atoms with Crippen molar-refractivity contribution < 1.29 is 4.39 Å². The minimum absolute atomic E-state index is 0.0988. The van der Waals surface area contributed by atoms with E-state index in [9.17, 15) is 4.39 Å². The molecule has 0 fully saturated rings. The van der Waals surface area contributed by atoms with Crippen molar-refractivity contribution in [1.82, 2.24) is 9.55 Å². The van der Waals surface area contributed by atoms with Gasteiger partial charge in [0.1, 0.15) is 11.6 Å². The van der Waals surface area contributed by atoms with Gasteiger partial charge in [0, 0.05) is 11.6 Å².